The SMILES string of the molecule is CC(Cc1ccc2c(c1)OC(C1CC3CC1CN3C(C)c1cc(Cl)ccc1C(F)(F)F)CC2)C(=O)O. The van der Waals surface area contributed by atoms with E-state index >= 15 is 0 Å². The number of piperidine rings is 1. The van der Waals surface area contributed by atoms with Crippen LogP contribution in [0.3, 0.4) is 0 Å². The number of hydrogen-bond donors (Lipinski definition) is 1. The molecule has 0 aromatic heterocycles. The highest BCUT2D eigenvalue weighted by molar-refractivity contribution is 6.30. The highest BCUT2D eigenvalue weighted by atomic mass is 35.5. The zero-order valence-electron chi connectivity index (χ0n) is 20.4. The molecule has 0 amide bonds. The molecule has 5 rings (SSSR count). The van der Waals surface area contributed by atoms with E-state index in [2.05, 4.69) is 4.90 Å². The Kier molecular flexibility index (Phi) is 6.75. The first-order chi connectivity index (χ1) is 17.0. The van der Waals surface area contributed by atoms with Crippen molar-refractivity contribution in [2.75, 3.05) is 6.54 Å². The molecule has 6 atom stereocenters. The second kappa shape index (κ2) is 9.56. The van der Waals surface area contributed by atoms with Gasteiger partial charge in [-0.05, 0) is 85.9 Å². The number of carboxylic acid groups (broad SMARTS) is 1. The van der Waals surface area contributed by atoms with Gasteiger partial charge in [-0.15, -0.1) is 0 Å². The molecule has 2 bridgehead atoms. The van der Waals surface area contributed by atoms with Crippen LogP contribution in [-0.2, 0) is 23.8 Å². The number of aryl methyl sites for hydroxylation is 1. The Morgan fingerprint density at radius 2 is 1.97 bits per heavy atom. The Labute approximate surface area is 214 Å². The van der Waals surface area contributed by atoms with Crippen LogP contribution < -0.4 is 4.74 Å². The summed E-state index contributed by atoms with van der Waals surface area (Å²) in [5, 5.41) is 9.55. The Hall–Kier alpha value is -2.25. The second-order valence-corrected chi connectivity index (χ2v) is 11.2. The highest BCUT2D eigenvalue weighted by Gasteiger charge is 2.50. The van der Waals surface area contributed by atoms with Crippen LogP contribution in [-0.4, -0.2) is 34.7 Å². The first-order valence-electron chi connectivity index (χ1n) is 12.6. The minimum absolute atomic E-state index is 0.0778. The Morgan fingerprint density at radius 1 is 1.19 bits per heavy atom. The lowest BCUT2D eigenvalue weighted by molar-refractivity contribution is -0.141. The summed E-state index contributed by atoms with van der Waals surface area (Å²) >= 11 is 6.09. The van der Waals surface area contributed by atoms with E-state index in [0.29, 0.717) is 23.3 Å². The quantitative estimate of drug-likeness (QED) is 0.455. The molecule has 2 aromatic rings. The molecule has 2 fully saturated rings. The average Bonchev–Trinajstić information content (AvgIpc) is 3.43. The summed E-state index contributed by atoms with van der Waals surface area (Å²) in [6.45, 7) is 4.31. The molecule has 6 unspecified atom stereocenters. The molecule has 3 aliphatic rings. The first-order valence-corrected chi connectivity index (χ1v) is 13.0. The molecule has 1 aliphatic carbocycles. The molecular formula is C28H31ClF3NO3. The molecule has 8 heteroatoms. The molecule has 36 heavy (non-hydrogen) atoms. The number of likely N-dealkylation sites (tertiary alicyclic amines) is 1. The summed E-state index contributed by atoms with van der Waals surface area (Å²) in [5.41, 5.74) is 1.74. The molecule has 1 saturated carbocycles. The topological polar surface area (TPSA) is 49.8 Å². The van der Waals surface area contributed by atoms with Crippen LogP contribution in [0.4, 0.5) is 13.2 Å². The van der Waals surface area contributed by atoms with Gasteiger partial charge in [0.1, 0.15) is 11.9 Å². The van der Waals surface area contributed by atoms with Gasteiger partial charge in [-0.3, -0.25) is 9.69 Å². The number of carboxylic acids is 1. The maximum Gasteiger partial charge on any atom is 0.416 e. The summed E-state index contributed by atoms with van der Waals surface area (Å²) in [7, 11) is 0. The van der Waals surface area contributed by atoms with Crippen molar-refractivity contribution >= 4 is 17.6 Å². The van der Waals surface area contributed by atoms with Gasteiger partial charge in [0.2, 0.25) is 0 Å². The molecule has 2 aromatic carbocycles. The largest absolute Gasteiger partial charge is 0.490 e. The number of fused-ring (bicyclic) bond motifs is 3. The van der Waals surface area contributed by atoms with Crippen LogP contribution in [0.25, 0.3) is 0 Å². The number of benzene rings is 2. The van der Waals surface area contributed by atoms with E-state index in [-0.39, 0.29) is 23.8 Å². The molecule has 4 nitrogen and oxygen atoms in total. The smallest absolute Gasteiger partial charge is 0.416 e. The van der Waals surface area contributed by atoms with Gasteiger partial charge in [0.05, 0.1) is 11.5 Å². The molecule has 194 valence electrons. The Balaban J connectivity index is 1.27. The van der Waals surface area contributed by atoms with Gasteiger partial charge >= 0.3 is 12.1 Å². The van der Waals surface area contributed by atoms with Crippen LogP contribution >= 0.6 is 11.6 Å². The van der Waals surface area contributed by atoms with Gasteiger partial charge < -0.3 is 9.84 Å². The monoisotopic (exact) mass is 521 g/mol. The molecule has 1 saturated heterocycles. The normalized spacial score (nSPS) is 27.4. The van der Waals surface area contributed by atoms with E-state index in [4.69, 9.17) is 16.3 Å². The Bertz CT molecular complexity index is 1150. The van der Waals surface area contributed by atoms with E-state index in [1.165, 1.54) is 12.1 Å². The van der Waals surface area contributed by atoms with Crippen molar-refractivity contribution in [1.29, 1.82) is 0 Å². The summed E-state index contributed by atoms with van der Waals surface area (Å²) in [6, 6.07) is 9.73. The lowest BCUT2D eigenvalue weighted by Gasteiger charge is -2.40. The third-order valence-corrected chi connectivity index (χ3v) is 8.69. The minimum Gasteiger partial charge on any atom is -0.490 e. The van der Waals surface area contributed by atoms with E-state index in [1.54, 1.807) is 6.92 Å². The number of alkyl halides is 3. The van der Waals surface area contributed by atoms with Crippen molar-refractivity contribution in [1.82, 2.24) is 4.90 Å². The number of halogens is 4. The van der Waals surface area contributed by atoms with Crippen molar-refractivity contribution in [3.05, 3.63) is 63.7 Å². The van der Waals surface area contributed by atoms with Crippen molar-refractivity contribution < 1.29 is 27.8 Å². The van der Waals surface area contributed by atoms with Crippen molar-refractivity contribution in [3.8, 4) is 5.75 Å². The summed E-state index contributed by atoms with van der Waals surface area (Å²) in [6.07, 6.45) is -0.157. The number of aliphatic carboxylic acids is 1. The maximum atomic E-state index is 13.7. The van der Waals surface area contributed by atoms with Crippen molar-refractivity contribution in [2.24, 2.45) is 17.8 Å². The predicted octanol–water partition coefficient (Wildman–Crippen LogP) is 6.79. The van der Waals surface area contributed by atoms with E-state index in [9.17, 15) is 23.1 Å². The van der Waals surface area contributed by atoms with Crippen molar-refractivity contribution in [3.63, 3.8) is 0 Å². The summed E-state index contributed by atoms with van der Waals surface area (Å²) < 4.78 is 47.5. The lowest BCUT2D eigenvalue weighted by Crippen LogP contribution is -2.43. The molecule has 2 aliphatic heterocycles. The highest BCUT2D eigenvalue weighted by Crippen LogP contribution is 2.50. The number of nitrogens with zero attached hydrogens (tertiary/aromatic N) is 1. The summed E-state index contributed by atoms with van der Waals surface area (Å²) in [4.78, 5) is 13.5. The molecule has 0 spiro atoms. The standard InChI is InChI=1S/C28H31ClF3NO3/c1-15(27(34)35)9-17-3-4-18-5-8-25(36-26(18)10-17)23-13-21-11-19(23)14-33(21)16(2)22-12-20(29)6-7-24(22)28(30,31)32/h3-4,6-7,10,12,15-16,19,21,23,25H,5,8-9,11,13-14H2,1-2H3,(H,34,35). The lowest BCUT2D eigenvalue weighted by atomic mass is 9.84. The summed E-state index contributed by atoms with van der Waals surface area (Å²) in [5.74, 6) is 0.330. The maximum absolute atomic E-state index is 13.7. The number of rotatable bonds is 6. The van der Waals surface area contributed by atoms with Gasteiger partial charge in [-0.1, -0.05) is 30.7 Å². The van der Waals surface area contributed by atoms with Crippen LogP contribution in [0.1, 0.15) is 61.4 Å². The van der Waals surface area contributed by atoms with E-state index in [0.717, 1.165) is 55.2 Å². The fourth-order valence-electron chi connectivity index (χ4n) is 6.58. The third-order valence-electron chi connectivity index (χ3n) is 8.45. The zero-order chi connectivity index (χ0) is 25.8. The molecule has 1 N–H and O–H groups in total. The average molecular weight is 522 g/mol. The van der Waals surface area contributed by atoms with Gasteiger partial charge in [-0.2, -0.15) is 13.2 Å². The number of hydrogen-bond acceptors (Lipinski definition) is 3. The van der Waals surface area contributed by atoms with Crippen LogP contribution in [0.15, 0.2) is 36.4 Å². The zero-order valence-corrected chi connectivity index (χ0v) is 21.1. The van der Waals surface area contributed by atoms with Gasteiger partial charge in [-0.25, -0.2) is 0 Å². The van der Waals surface area contributed by atoms with E-state index < -0.39 is 23.6 Å². The fraction of sp³-hybridized carbons (Fsp3) is 0.536. The van der Waals surface area contributed by atoms with Gasteiger partial charge in [0.25, 0.3) is 0 Å². The third kappa shape index (κ3) is 4.84. The van der Waals surface area contributed by atoms with Gasteiger partial charge in [0.15, 0.2) is 0 Å². The molecule has 2 heterocycles. The van der Waals surface area contributed by atoms with Crippen molar-refractivity contribution in [2.45, 2.75) is 70.3 Å². The Morgan fingerprint density at radius 3 is 2.64 bits per heavy atom. The molecular weight excluding hydrogens is 491 g/mol. The number of ether oxygens (including phenoxy) is 1. The van der Waals surface area contributed by atoms with Crippen LogP contribution in [0.2, 0.25) is 5.02 Å². The molecule has 0 radical (unpaired) electrons. The predicted molar refractivity (Wildman–Crippen MR) is 131 cm³/mol. The minimum atomic E-state index is -4.42. The fourth-order valence-corrected chi connectivity index (χ4v) is 6.76. The first kappa shape index (κ1) is 25.4. The van der Waals surface area contributed by atoms with Crippen LogP contribution in [0, 0.1) is 17.8 Å². The second-order valence-electron chi connectivity index (χ2n) is 10.7. The van der Waals surface area contributed by atoms with Crippen LogP contribution in [0.5, 0.6) is 5.75 Å². The van der Waals surface area contributed by atoms with E-state index in [1.807, 2.05) is 25.1 Å². The van der Waals surface area contributed by atoms with Gasteiger partial charge in [0, 0.05) is 29.6 Å². The number of carbonyl (C=O) groups is 1.